The van der Waals surface area contributed by atoms with E-state index in [0.717, 1.165) is 36.2 Å². The maximum absolute atomic E-state index is 4.36. The number of nitrogens with zero attached hydrogens (tertiary/aromatic N) is 4. The molecular weight excluding hydrogens is 288 g/mol. The van der Waals surface area contributed by atoms with Crippen molar-refractivity contribution >= 4 is 5.96 Å². The van der Waals surface area contributed by atoms with Crippen LogP contribution in [0.3, 0.4) is 0 Å². The van der Waals surface area contributed by atoms with E-state index in [1.807, 2.05) is 29.1 Å². The van der Waals surface area contributed by atoms with E-state index < -0.39 is 0 Å². The summed E-state index contributed by atoms with van der Waals surface area (Å²) in [5.74, 6) is 2.43. The molecule has 0 unspecified atom stereocenters. The average Bonchev–Trinajstić information content (AvgIpc) is 3.09. The van der Waals surface area contributed by atoms with Crippen molar-refractivity contribution in [3.63, 3.8) is 0 Å². The van der Waals surface area contributed by atoms with Gasteiger partial charge in [-0.1, -0.05) is 13.8 Å². The largest absolute Gasteiger partial charge is 0.356 e. The molecule has 2 N–H and O–H groups in total. The number of hydrogen-bond donors (Lipinski definition) is 2. The average molecular weight is 314 g/mol. The molecule has 0 aliphatic rings. The zero-order chi connectivity index (χ0) is 16.5. The lowest BCUT2D eigenvalue weighted by atomic mass is 10.1. The first-order chi connectivity index (χ1) is 11.2. The predicted molar refractivity (Wildman–Crippen MR) is 93.6 cm³/mol. The fourth-order valence-electron chi connectivity index (χ4n) is 2.23. The highest BCUT2D eigenvalue weighted by Crippen LogP contribution is 2.06. The summed E-state index contributed by atoms with van der Waals surface area (Å²) in [7, 11) is 1.79. The summed E-state index contributed by atoms with van der Waals surface area (Å²) in [6, 6.07) is 4.04. The number of guanidine groups is 1. The van der Waals surface area contributed by atoms with Crippen molar-refractivity contribution in [2.24, 2.45) is 10.9 Å². The minimum absolute atomic E-state index is 0.702. The summed E-state index contributed by atoms with van der Waals surface area (Å²) in [5.41, 5.74) is 1.15. The minimum atomic E-state index is 0.702. The molecule has 0 spiro atoms. The first-order valence-electron chi connectivity index (χ1n) is 8.07. The van der Waals surface area contributed by atoms with E-state index in [-0.39, 0.29) is 0 Å². The molecule has 0 aromatic carbocycles. The van der Waals surface area contributed by atoms with Crippen LogP contribution in [-0.4, -0.2) is 34.1 Å². The Bertz CT molecular complexity index is 603. The highest BCUT2D eigenvalue weighted by atomic mass is 15.2. The van der Waals surface area contributed by atoms with Gasteiger partial charge >= 0.3 is 0 Å². The Morgan fingerprint density at radius 2 is 2.17 bits per heavy atom. The Balaban J connectivity index is 1.83. The number of hydrogen-bond acceptors (Lipinski definition) is 3. The fourth-order valence-corrected chi connectivity index (χ4v) is 2.23. The smallest absolute Gasteiger partial charge is 0.191 e. The molecule has 6 heteroatoms. The van der Waals surface area contributed by atoms with E-state index in [4.69, 9.17) is 0 Å². The highest BCUT2D eigenvalue weighted by Gasteiger charge is 2.02. The topological polar surface area (TPSA) is 67.1 Å². The Kier molecular flexibility index (Phi) is 6.59. The van der Waals surface area contributed by atoms with E-state index >= 15 is 0 Å². The van der Waals surface area contributed by atoms with E-state index in [2.05, 4.69) is 39.4 Å². The second-order valence-corrected chi connectivity index (χ2v) is 5.88. The minimum Gasteiger partial charge on any atom is -0.356 e. The molecule has 0 fully saturated rings. The number of aromatic nitrogens is 3. The third kappa shape index (κ3) is 5.73. The quantitative estimate of drug-likeness (QED) is 0.468. The van der Waals surface area contributed by atoms with Crippen LogP contribution in [0.15, 0.2) is 42.0 Å². The van der Waals surface area contributed by atoms with Crippen molar-refractivity contribution in [1.82, 2.24) is 25.2 Å². The number of pyridine rings is 1. The summed E-state index contributed by atoms with van der Waals surface area (Å²) in [6.07, 6.45) is 9.56. The van der Waals surface area contributed by atoms with Crippen LogP contribution in [-0.2, 0) is 6.54 Å². The van der Waals surface area contributed by atoms with Gasteiger partial charge in [-0.15, -0.1) is 0 Å². The normalized spacial score (nSPS) is 11.7. The molecule has 0 amide bonds. The van der Waals surface area contributed by atoms with E-state index in [9.17, 15) is 0 Å². The molecule has 0 saturated heterocycles. The fraction of sp³-hybridized carbons (Fsp3) is 0.471. The molecule has 2 rings (SSSR count). The maximum Gasteiger partial charge on any atom is 0.191 e. The first kappa shape index (κ1) is 17.0. The van der Waals surface area contributed by atoms with Gasteiger partial charge in [0.15, 0.2) is 5.96 Å². The number of nitrogens with one attached hydrogen (secondary N) is 2. The lowest BCUT2D eigenvalue weighted by Crippen LogP contribution is -2.37. The van der Waals surface area contributed by atoms with Crippen molar-refractivity contribution in [3.8, 4) is 5.82 Å². The molecule has 23 heavy (non-hydrogen) atoms. The van der Waals surface area contributed by atoms with Crippen LogP contribution in [0.1, 0.15) is 32.3 Å². The zero-order valence-corrected chi connectivity index (χ0v) is 14.2. The van der Waals surface area contributed by atoms with Gasteiger partial charge in [-0.25, -0.2) is 9.97 Å². The molecule has 0 bridgehead atoms. The zero-order valence-electron chi connectivity index (χ0n) is 14.2. The van der Waals surface area contributed by atoms with E-state index in [1.165, 1.54) is 6.42 Å². The van der Waals surface area contributed by atoms with Crippen molar-refractivity contribution in [3.05, 3.63) is 42.6 Å². The van der Waals surface area contributed by atoms with Gasteiger partial charge in [-0.2, -0.15) is 0 Å². The Labute approximate surface area is 138 Å². The van der Waals surface area contributed by atoms with Crippen molar-refractivity contribution in [1.29, 1.82) is 0 Å². The standard InChI is InChI=1S/C17H26N6/c1-14(2)5-4-7-21-17(18-3)22-12-15-6-8-20-16(11-15)23-10-9-19-13-23/h6,8-11,13-14H,4-5,7,12H2,1-3H3,(H2,18,21,22). The van der Waals surface area contributed by atoms with Gasteiger partial charge < -0.3 is 10.6 Å². The first-order valence-corrected chi connectivity index (χ1v) is 8.07. The summed E-state index contributed by atoms with van der Waals surface area (Å²) in [5, 5.41) is 6.68. The highest BCUT2D eigenvalue weighted by molar-refractivity contribution is 5.79. The third-order valence-corrected chi connectivity index (χ3v) is 3.51. The van der Waals surface area contributed by atoms with Gasteiger partial charge in [0.25, 0.3) is 0 Å². The Hall–Kier alpha value is -2.37. The lowest BCUT2D eigenvalue weighted by Gasteiger charge is -2.13. The van der Waals surface area contributed by atoms with Crippen LogP contribution < -0.4 is 10.6 Å². The molecule has 124 valence electrons. The summed E-state index contributed by atoms with van der Waals surface area (Å²) < 4.78 is 1.89. The number of imidazole rings is 1. The van der Waals surface area contributed by atoms with Crippen molar-refractivity contribution in [2.75, 3.05) is 13.6 Å². The molecule has 0 radical (unpaired) electrons. The Morgan fingerprint density at radius 1 is 1.30 bits per heavy atom. The summed E-state index contributed by atoms with van der Waals surface area (Å²) >= 11 is 0. The number of rotatable bonds is 7. The predicted octanol–water partition coefficient (Wildman–Crippen LogP) is 2.37. The molecule has 2 aromatic heterocycles. The molecule has 0 aliphatic heterocycles. The summed E-state index contributed by atoms with van der Waals surface area (Å²) in [4.78, 5) is 12.7. The maximum atomic E-state index is 4.36. The summed E-state index contributed by atoms with van der Waals surface area (Å²) in [6.45, 7) is 6.13. The van der Waals surface area contributed by atoms with Crippen LogP contribution in [0.25, 0.3) is 5.82 Å². The van der Waals surface area contributed by atoms with Crippen LogP contribution in [0.2, 0.25) is 0 Å². The van der Waals surface area contributed by atoms with Crippen molar-refractivity contribution in [2.45, 2.75) is 33.2 Å². The molecule has 0 atom stereocenters. The monoisotopic (exact) mass is 314 g/mol. The van der Waals surface area contributed by atoms with Crippen LogP contribution >= 0.6 is 0 Å². The molecule has 0 aliphatic carbocycles. The lowest BCUT2D eigenvalue weighted by molar-refractivity contribution is 0.549. The van der Waals surface area contributed by atoms with Gasteiger partial charge in [0.1, 0.15) is 12.1 Å². The van der Waals surface area contributed by atoms with Gasteiger partial charge in [0.2, 0.25) is 0 Å². The molecule has 2 heterocycles. The van der Waals surface area contributed by atoms with Crippen LogP contribution in [0.5, 0.6) is 0 Å². The van der Waals surface area contributed by atoms with E-state index in [1.54, 1.807) is 19.6 Å². The third-order valence-electron chi connectivity index (χ3n) is 3.51. The van der Waals surface area contributed by atoms with Crippen LogP contribution in [0, 0.1) is 5.92 Å². The SMILES string of the molecule is CN=C(NCCCC(C)C)NCc1ccnc(-n2ccnc2)c1. The van der Waals surface area contributed by atoms with Gasteiger partial charge in [0, 0.05) is 38.7 Å². The molecular formula is C17H26N6. The second-order valence-electron chi connectivity index (χ2n) is 5.88. The van der Waals surface area contributed by atoms with Gasteiger partial charge in [-0.3, -0.25) is 9.56 Å². The van der Waals surface area contributed by atoms with E-state index in [0.29, 0.717) is 6.54 Å². The van der Waals surface area contributed by atoms with Crippen molar-refractivity contribution < 1.29 is 0 Å². The van der Waals surface area contributed by atoms with Gasteiger partial charge in [0.05, 0.1) is 0 Å². The van der Waals surface area contributed by atoms with Gasteiger partial charge in [-0.05, 0) is 36.5 Å². The Morgan fingerprint density at radius 3 is 2.87 bits per heavy atom. The molecule has 0 saturated carbocycles. The second kappa shape index (κ2) is 8.92. The number of aliphatic imine (C=N–C) groups is 1. The van der Waals surface area contributed by atoms with Crippen LogP contribution in [0.4, 0.5) is 0 Å². The molecule has 2 aromatic rings. The molecule has 6 nitrogen and oxygen atoms in total.